The van der Waals surface area contributed by atoms with Crippen molar-refractivity contribution in [2.45, 2.75) is 55.8 Å². The SMILES string of the molecule is [B][C@H]1CC(OC)[C@@H](COCc2cn(C3C[C@H]([B])O[C@@H]3COC)nn2)O1. The van der Waals surface area contributed by atoms with Crippen LogP contribution in [0.4, 0.5) is 0 Å². The summed E-state index contributed by atoms with van der Waals surface area (Å²) in [5.74, 6) is 0. The molecular weight excluding hydrogens is 324 g/mol. The average Bonchev–Trinajstić information content (AvgIpc) is 3.27. The first-order valence-electron chi connectivity index (χ1n) is 8.43. The first-order valence-corrected chi connectivity index (χ1v) is 8.43. The number of nitrogens with zero attached hydrogens (tertiary/aromatic N) is 3. The van der Waals surface area contributed by atoms with Crippen molar-refractivity contribution in [3.8, 4) is 0 Å². The van der Waals surface area contributed by atoms with E-state index in [4.69, 9.17) is 39.4 Å². The number of rotatable bonds is 8. The molecule has 1 aromatic rings. The van der Waals surface area contributed by atoms with E-state index in [1.54, 1.807) is 18.9 Å². The van der Waals surface area contributed by atoms with Gasteiger partial charge in [0.1, 0.15) is 33.6 Å². The van der Waals surface area contributed by atoms with Crippen molar-refractivity contribution in [3.05, 3.63) is 11.9 Å². The van der Waals surface area contributed by atoms with Crippen LogP contribution in [-0.4, -0.2) is 88.4 Å². The number of hydrogen-bond donors (Lipinski definition) is 0. The summed E-state index contributed by atoms with van der Waals surface area (Å²) in [5.41, 5.74) is 0.730. The van der Waals surface area contributed by atoms with Crippen LogP contribution in [0.2, 0.25) is 0 Å². The van der Waals surface area contributed by atoms with Gasteiger partial charge < -0.3 is 23.7 Å². The van der Waals surface area contributed by atoms with E-state index in [1.165, 1.54) is 0 Å². The first kappa shape index (κ1) is 18.8. The maximum absolute atomic E-state index is 5.88. The molecule has 10 heteroatoms. The highest BCUT2D eigenvalue weighted by atomic mass is 16.6. The number of hydrogen-bond acceptors (Lipinski definition) is 7. The van der Waals surface area contributed by atoms with Gasteiger partial charge in [-0.05, 0) is 12.8 Å². The first-order chi connectivity index (χ1) is 12.1. The molecule has 0 spiro atoms. The zero-order valence-corrected chi connectivity index (χ0v) is 14.6. The van der Waals surface area contributed by atoms with Crippen molar-refractivity contribution in [3.63, 3.8) is 0 Å². The molecule has 0 saturated carbocycles. The molecule has 134 valence electrons. The van der Waals surface area contributed by atoms with Gasteiger partial charge in [-0.1, -0.05) is 5.21 Å². The van der Waals surface area contributed by atoms with E-state index in [9.17, 15) is 0 Å². The number of methoxy groups -OCH3 is 2. The Morgan fingerprint density at radius 3 is 2.68 bits per heavy atom. The molecule has 3 rings (SSSR count). The average molecular weight is 347 g/mol. The van der Waals surface area contributed by atoms with E-state index in [0.717, 1.165) is 5.69 Å². The highest BCUT2D eigenvalue weighted by molar-refractivity contribution is 6.11. The second-order valence-corrected chi connectivity index (χ2v) is 6.40. The summed E-state index contributed by atoms with van der Waals surface area (Å²) < 4.78 is 29.2. The van der Waals surface area contributed by atoms with Crippen molar-refractivity contribution >= 4 is 15.7 Å². The van der Waals surface area contributed by atoms with Crippen LogP contribution in [0.3, 0.4) is 0 Å². The van der Waals surface area contributed by atoms with Crippen molar-refractivity contribution in [2.24, 2.45) is 0 Å². The van der Waals surface area contributed by atoms with Crippen molar-refractivity contribution in [1.29, 1.82) is 0 Å². The van der Waals surface area contributed by atoms with Crippen LogP contribution in [-0.2, 0) is 30.3 Å². The van der Waals surface area contributed by atoms with Crippen LogP contribution < -0.4 is 0 Å². The highest BCUT2D eigenvalue weighted by Gasteiger charge is 2.35. The summed E-state index contributed by atoms with van der Waals surface area (Å²) in [6, 6.07) is -0.613. The van der Waals surface area contributed by atoms with Crippen molar-refractivity contribution < 1.29 is 23.7 Å². The van der Waals surface area contributed by atoms with Gasteiger partial charge in [0.05, 0.1) is 38.2 Å². The Bertz CT molecular complexity index is 549. The molecule has 6 atom stereocenters. The summed E-state index contributed by atoms with van der Waals surface area (Å²) in [7, 11) is 14.9. The lowest BCUT2D eigenvalue weighted by molar-refractivity contribution is -0.0469. The molecule has 3 heterocycles. The van der Waals surface area contributed by atoms with Crippen molar-refractivity contribution in [2.75, 3.05) is 27.4 Å². The van der Waals surface area contributed by atoms with Gasteiger partial charge in [-0.3, -0.25) is 0 Å². The Morgan fingerprint density at radius 2 is 1.92 bits per heavy atom. The predicted molar refractivity (Wildman–Crippen MR) is 89.5 cm³/mol. The van der Waals surface area contributed by atoms with Gasteiger partial charge in [-0.15, -0.1) is 5.10 Å². The maximum Gasteiger partial charge on any atom is 0.109 e. The third-order valence-electron chi connectivity index (χ3n) is 4.54. The lowest BCUT2D eigenvalue weighted by Gasteiger charge is -2.17. The summed E-state index contributed by atoms with van der Waals surface area (Å²) >= 11 is 0. The monoisotopic (exact) mass is 347 g/mol. The molecule has 0 N–H and O–H groups in total. The van der Waals surface area contributed by atoms with Gasteiger partial charge in [0.25, 0.3) is 0 Å². The fourth-order valence-electron chi connectivity index (χ4n) is 3.32. The molecular formula is C15H23B2N3O5. The Hall–Kier alpha value is -0.930. The van der Waals surface area contributed by atoms with E-state index in [0.29, 0.717) is 32.7 Å². The molecule has 2 aliphatic heterocycles. The van der Waals surface area contributed by atoms with Crippen LogP contribution in [0.5, 0.6) is 0 Å². The molecule has 4 radical (unpaired) electrons. The fourth-order valence-corrected chi connectivity index (χ4v) is 3.32. The lowest BCUT2D eigenvalue weighted by atomic mass is 9.95. The van der Waals surface area contributed by atoms with Crippen LogP contribution >= 0.6 is 0 Å². The van der Waals surface area contributed by atoms with E-state index < -0.39 is 0 Å². The molecule has 1 aromatic heterocycles. The van der Waals surface area contributed by atoms with Crippen LogP contribution in [0.15, 0.2) is 6.20 Å². The summed E-state index contributed by atoms with van der Waals surface area (Å²) in [5, 5.41) is 8.33. The molecule has 2 unspecified atom stereocenters. The van der Waals surface area contributed by atoms with E-state index >= 15 is 0 Å². The molecule has 8 nitrogen and oxygen atoms in total. The van der Waals surface area contributed by atoms with Gasteiger partial charge >= 0.3 is 0 Å². The van der Waals surface area contributed by atoms with E-state index in [-0.39, 0.29) is 36.4 Å². The zero-order valence-electron chi connectivity index (χ0n) is 14.6. The molecule has 0 bridgehead atoms. The normalized spacial score (nSPS) is 35.4. The van der Waals surface area contributed by atoms with Crippen LogP contribution in [0, 0.1) is 0 Å². The molecule has 2 aliphatic rings. The van der Waals surface area contributed by atoms with Gasteiger partial charge in [0.15, 0.2) is 0 Å². The Morgan fingerprint density at radius 1 is 1.16 bits per heavy atom. The molecule has 0 amide bonds. The van der Waals surface area contributed by atoms with Gasteiger partial charge in [0.2, 0.25) is 0 Å². The third kappa shape index (κ3) is 4.62. The lowest BCUT2D eigenvalue weighted by Crippen LogP contribution is -2.28. The van der Waals surface area contributed by atoms with E-state index in [1.807, 2.05) is 6.20 Å². The number of ether oxygens (including phenoxy) is 5. The number of aromatic nitrogens is 3. The minimum Gasteiger partial charge on any atom is -0.382 e. The maximum atomic E-state index is 5.88. The van der Waals surface area contributed by atoms with E-state index in [2.05, 4.69) is 10.3 Å². The van der Waals surface area contributed by atoms with Crippen molar-refractivity contribution in [1.82, 2.24) is 15.0 Å². The summed E-state index contributed by atoms with van der Waals surface area (Å²) in [4.78, 5) is 0. The summed E-state index contributed by atoms with van der Waals surface area (Å²) in [6.07, 6.45) is 2.85. The van der Waals surface area contributed by atoms with Gasteiger partial charge in [0, 0.05) is 26.2 Å². The smallest absolute Gasteiger partial charge is 0.109 e. The Kier molecular flexibility index (Phi) is 6.51. The second kappa shape index (κ2) is 8.64. The zero-order chi connectivity index (χ0) is 17.8. The topological polar surface area (TPSA) is 76.9 Å². The van der Waals surface area contributed by atoms with Gasteiger partial charge in [-0.2, -0.15) is 0 Å². The van der Waals surface area contributed by atoms with Gasteiger partial charge in [-0.25, -0.2) is 4.68 Å². The quantitative estimate of drug-likeness (QED) is 0.591. The Balaban J connectivity index is 1.50. The Labute approximate surface area is 150 Å². The minimum absolute atomic E-state index is 0.00485. The van der Waals surface area contributed by atoms with Crippen LogP contribution in [0.1, 0.15) is 24.6 Å². The predicted octanol–water partition coefficient (Wildman–Crippen LogP) is -0.436. The molecule has 2 saturated heterocycles. The third-order valence-corrected chi connectivity index (χ3v) is 4.54. The van der Waals surface area contributed by atoms with Crippen LogP contribution in [0.25, 0.3) is 0 Å². The largest absolute Gasteiger partial charge is 0.382 e. The standard InChI is InChI=1S/C15H23B2N3O5/c1-21-7-12-10(3-14(16)24-12)20-5-9(18-19-20)6-23-8-13-11(22-2)4-15(17)25-13/h5,10-15H,3-4,6-8H2,1-2H3/t10?,11?,12-,13-,14-,15-/m1/s1. The molecule has 25 heavy (non-hydrogen) atoms. The second-order valence-electron chi connectivity index (χ2n) is 6.40. The molecule has 2 fully saturated rings. The fraction of sp³-hybridized carbons (Fsp3) is 0.867. The highest BCUT2D eigenvalue weighted by Crippen LogP contribution is 2.29. The molecule has 0 aliphatic carbocycles. The molecule has 0 aromatic carbocycles. The minimum atomic E-state index is -0.316. The summed E-state index contributed by atoms with van der Waals surface area (Å²) in [6.45, 7) is 1.19.